The van der Waals surface area contributed by atoms with Crippen LogP contribution in [0.1, 0.15) is 53.9 Å². The van der Waals surface area contributed by atoms with Crippen LogP contribution in [0.25, 0.3) is 0 Å². The normalized spacial score (nSPS) is 34.7. The highest BCUT2D eigenvalue weighted by molar-refractivity contribution is 5.40. The molecule has 5 atom stereocenters. The zero-order valence-electron chi connectivity index (χ0n) is 17.7. The molecule has 1 aliphatic heterocycles. The minimum Gasteiger partial charge on any atom is -0.394 e. The second kappa shape index (κ2) is 9.65. The first kappa shape index (κ1) is 23.3. The van der Waals surface area contributed by atoms with Crippen molar-refractivity contribution in [2.75, 3.05) is 13.2 Å². The topological polar surface area (TPSA) is 99.4 Å². The Morgan fingerprint density at radius 2 is 1.82 bits per heavy atom. The molecule has 160 valence electrons. The standard InChI is InChI=1S/C22H36O6/c1-13(15(3)11-16-14(2)7-6-9-22(16,4)5)8-10-27-21-20(26)19(25)18(24)17(12-23)28-21/h8,11,17-21,23-26H,6-7,9-10,12H2,1-5H3/b13-8+,15-11+/t17-,18-,19+,20-,21?/m1/s1. The van der Waals surface area contributed by atoms with E-state index in [1.807, 2.05) is 13.0 Å². The number of rotatable bonds is 6. The fourth-order valence-corrected chi connectivity index (χ4v) is 3.93. The fraction of sp³-hybridized carbons (Fsp3) is 0.727. The second-order valence-corrected chi connectivity index (χ2v) is 8.68. The van der Waals surface area contributed by atoms with E-state index in [9.17, 15) is 20.4 Å². The van der Waals surface area contributed by atoms with Gasteiger partial charge in [0.1, 0.15) is 24.4 Å². The van der Waals surface area contributed by atoms with E-state index in [0.29, 0.717) is 0 Å². The van der Waals surface area contributed by atoms with Gasteiger partial charge in [-0.1, -0.05) is 31.6 Å². The molecule has 4 N–H and O–H groups in total. The lowest BCUT2D eigenvalue weighted by molar-refractivity contribution is -0.298. The van der Waals surface area contributed by atoms with Crippen LogP contribution in [0, 0.1) is 5.41 Å². The molecule has 1 fully saturated rings. The fourth-order valence-electron chi connectivity index (χ4n) is 3.93. The molecule has 1 unspecified atom stereocenters. The Kier molecular flexibility index (Phi) is 8.02. The van der Waals surface area contributed by atoms with Crippen LogP contribution >= 0.6 is 0 Å². The first-order valence-electron chi connectivity index (χ1n) is 10.1. The molecule has 1 heterocycles. The average molecular weight is 397 g/mol. The van der Waals surface area contributed by atoms with E-state index >= 15 is 0 Å². The Morgan fingerprint density at radius 3 is 2.43 bits per heavy atom. The van der Waals surface area contributed by atoms with Gasteiger partial charge in [0.25, 0.3) is 0 Å². The van der Waals surface area contributed by atoms with Crippen LogP contribution in [-0.2, 0) is 9.47 Å². The number of ether oxygens (including phenoxy) is 2. The van der Waals surface area contributed by atoms with E-state index in [4.69, 9.17) is 9.47 Å². The summed E-state index contributed by atoms with van der Waals surface area (Å²) in [7, 11) is 0. The Labute approximate surface area is 168 Å². The van der Waals surface area contributed by atoms with Crippen LogP contribution < -0.4 is 0 Å². The Hall–Kier alpha value is -1.02. The summed E-state index contributed by atoms with van der Waals surface area (Å²) in [5, 5.41) is 38.9. The largest absolute Gasteiger partial charge is 0.394 e. The monoisotopic (exact) mass is 396 g/mol. The van der Waals surface area contributed by atoms with Crippen molar-refractivity contribution in [1.82, 2.24) is 0 Å². The summed E-state index contributed by atoms with van der Waals surface area (Å²) in [6.45, 7) is 10.6. The first-order chi connectivity index (χ1) is 13.1. The molecule has 2 rings (SSSR count). The van der Waals surface area contributed by atoms with Gasteiger partial charge in [-0.25, -0.2) is 0 Å². The molecular weight excluding hydrogens is 360 g/mol. The van der Waals surface area contributed by atoms with Crippen LogP contribution in [-0.4, -0.2) is 64.3 Å². The molecule has 6 heteroatoms. The van der Waals surface area contributed by atoms with Crippen molar-refractivity contribution >= 4 is 0 Å². The maximum Gasteiger partial charge on any atom is 0.187 e. The van der Waals surface area contributed by atoms with Crippen molar-refractivity contribution < 1.29 is 29.9 Å². The summed E-state index contributed by atoms with van der Waals surface area (Å²) in [5.74, 6) is 0. The van der Waals surface area contributed by atoms with Crippen molar-refractivity contribution in [3.8, 4) is 0 Å². The molecule has 0 aromatic heterocycles. The Balaban J connectivity index is 2.02. The molecule has 0 spiro atoms. The third-order valence-corrected chi connectivity index (χ3v) is 6.02. The summed E-state index contributed by atoms with van der Waals surface area (Å²) in [4.78, 5) is 0. The summed E-state index contributed by atoms with van der Waals surface area (Å²) in [6.07, 6.45) is 1.48. The summed E-state index contributed by atoms with van der Waals surface area (Å²) in [6, 6.07) is 0. The predicted molar refractivity (Wildman–Crippen MR) is 108 cm³/mol. The Morgan fingerprint density at radius 1 is 1.14 bits per heavy atom. The lowest BCUT2D eigenvalue weighted by Gasteiger charge is -2.39. The summed E-state index contributed by atoms with van der Waals surface area (Å²) >= 11 is 0. The van der Waals surface area contributed by atoms with Gasteiger partial charge >= 0.3 is 0 Å². The van der Waals surface area contributed by atoms with Gasteiger partial charge in [-0.05, 0) is 62.2 Å². The van der Waals surface area contributed by atoms with Crippen molar-refractivity contribution in [1.29, 1.82) is 0 Å². The van der Waals surface area contributed by atoms with Gasteiger partial charge < -0.3 is 29.9 Å². The van der Waals surface area contributed by atoms with E-state index in [1.54, 1.807) is 0 Å². The van der Waals surface area contributed by atoms with Crippen LogP contribution in [0.4, 0.5) is 0 Å². The van der Waals surface area contributed by atoms with Crippen LogP contribution in [0.3, 0.4) is 0 Å². The highest BCUT2D eigenvalue weighted by Crippen LogP contribution is 2.41. The molecule has 28 heavy (non-hydrogen) atoms. The van der Waals surface area contributed by atoms with Crippen LogP contribution in [0.2, 0.25) is 0 Å². The molecule has 0 aromatic rings. The first-order valence-corrected chi connectivity index (χ1v) is 10.1. The van der Waals surface area contributed by atoms with Gasteiger partial charge in [-0.15, -0.1) is 0 Å². The molecule has 0 saturated carbocycles. The van der Waals surface area contributed by atoms with Crippen LogP contribution in [0.5, 0.6) is 0 Å². The highest BCUT2D eigenvalue weighted by Gasteiger charge is 2.43. The third-order valence-electron chi connectivity index (χ3n) is 6.02. The van der Waals surface area contributed by atoms with E-state index in [-0.39, 0.29) is 12.0 Å². The highest BCUT2D eigenvalue weighted by atomic mass is 16.7. The zero-order valence-corrected chi connectivity index (χ0v) is 17.7. The van der Waals surface area contributed by atoms with Crippen LogP contribution in [0.15, 0.2) is 34.4 Å². The maximum atomic E-state index is 10.0. The minimum atomic E-state index is -1.42. The number of allylic oxidation sites excluding steroid dienone is 5. The average Bonchev–Trinajstić information content (AvgIpc) is 2.64. The van der Waals surface area contributed by atoms with Gasteiger partial charge in [-0.3, -0.25) is 0 Å². The number of aliphatic hydroxyl groups is 4. The van der Waals surface area contributed by atoms with Crippen molar-refractivity contribution in [2.24, 2.45) is 5.41 Å². The SMILES string of the molecule is CC1=C(/C=C(C)/C(C)=C/COC2O[C@H](CO)[C@@H](O)[C@H](O)[C@H]2O)C(C)(C)CCC1. The summed E-state index contributed by atoms with van der Waals surface area (Å²) < 4.78 is 10.9. The van der Waals surface area contributed by atoms with E-state index in [0.717, 1.165) is 17.6 Å². The minimum absolute atomic E-state index is 0.177. The van der Waals surface area contributed by atoms with Crippen molar-refractivity contribution in [2.45, 2.75) is 84.6 Å². The quantitative estimate of drug-likeness (QED) is 0.514. The molecule has 0 bridgehead atoms. The number of hydrogen-bond acceptors (Lipinski definition) is 6. The lowest BCUT2D eigenvalue weighted by Crippen LogP contribution is -2.59. The molecule has 2 aliphatic rings. The van der Waals surface area contributed by atoms with E-state index in [1.165, 1.54) is 24.0 Å². The van der Waals surface area contributed by atoms with Gasteiger partial charge in [0.15, 0.2) is 6.29 Å². The zero-order chi connectivity index (χ0) is 21.1. The van der Waals surface area contributed by atoms with Gasteiger partial charge in [0.05, 0.1) is 13.2 Å². The molecule has 6 nitrogen and oxygen atoms in total. The molecular formula is C22H36O6. The molecule has 0 radical (unpaired) electrons. The predicted octanol–water partition coefficient (Wildman–Crippen LogP) is 2.22. The van der Waals surface area contributed by atoms with Crippen molar-refractivity contribution in [3.63, 3.8) is 0 Å². The van der Waals surface area contributed by atoms with Gasteiger partial charge in [-0.2, -0.15) is 0 Å². The lowest BCUT2D eigenvalue weighted by atomic mass is 9.72. The van der Waals surface area contributed by atoms with Gasteiger partial charge in [0, 0.05) is 0 Å². The van der Waals surface area contributed by atoms with Crippen molar-refractivity contribution in [3.05, 3.63) is 34.4 Å². The Bertz CT molecular complexity index is 631. The molecule has 0 amide bonds. The summed E-state index contributed by atoms with van der Waals surface area (Å²) in [5.41, 5.74) is 5.24. The number of aliphatic hydroxyl groups excluding tert-OH is 4. The third kappa shape index (κ3) is 5.32. The van der Waals surface area contributed by atoms with E-state index in [2.05, 4.69) is 33.8 Å². The molecule has 1 saturated heterocycles. The van der Waals surface area contributed by atoms with E-state index < -0.39 is 37.3 Å². The maximum absolute atomic E-state index is 10.0. The second-order valence-electron chi connectivity index (χ2n) is 8.68. The van der Waals surface area contributed by atoms with Gasteiger partial charge in [0.2, 0.25) is 0 Å². The molecule has 0 aromatic carbocycles. The smallest absolute Gasteiger partial charge is 0.187 e. The molecule has 1 aliphatic carbocycles. The number of hydrogen-bond donors (Lipinski definition) is 4.